The number of ether oxygens (including phenoxy) is 2. The molecule has 0 N–H and O–H groups in total. The summed E-state index contributed by atoms with van der Waals surface area (Å²) >= 11 is 0. The first-order valence-corrected chi connectivity index (χ1v) is 9.88. The average Bonchev–Trinajstić information content (AvgIpc) is 3.53. The normalized spacial score (nSPS) is 10.8. The molecular formula is C22H18N8O2. The van der Waals surface area contributed by atoms with Gasteiger partial charge in [0.15, 0.2) is 11.6 Å². The second kappa shape index (κ2) is 9.04. The first-order valence-electron chi connectivity index (χ1n) is 9.88. The molecule has 0 unspecified atom stereocenters. The quantitative estimate of drug-likeness (QED) is 0.373. The third-order valence-corrected chi connectivity index (χ3v) is 4.63. The minimum Gasteiger partial charge on any atom is -0.486 e. The van der Waals surface area contributed by atoms with Crippen molar-refractivity contribution in [3.63, 3.8) is 0 Å². The Morgan fingerprint density at radius 2 is 0.938 bits per heavy atom. The van der Waals surface area contributed by atoms with Crippen molar-refractivity contribution in [1.82, 2.24) is 40.4 Å². The highest BCUT2D eigenvalue weighted by Gasteiger charge is 2.10. The molecule has 0 atom stereocenters. The van der Waals surface area contributed by atoms with E-state index in [1.165, 1.54) is 0 Å². The van der Waals surface area contributed by atoms with E-state index in [0.29, 0.717) is 23.1 Å². The van der Waals surface area contributed by atoms with Gasteiger partial charge in [-0.2, -0.15) is 9.36 Å². The second-order valence-electron chi connectivity index (χ2n) is 6.73. The van der Waals surface area contributed by atoms with Gasteiger partial charge in [0.05, 0.1) is 11.4 Å². The van der Waals surface area contributed by atoms with Crippen LogP contribution in [0.5, 0.6) is 11.5 Å². The van der Waals surface area contributed by atoms with E-state index in [1.807, 2.05) is 84.9 Å². The first kappa shape index (κ1) is 19.4. The molecule has 3 aromatic carbocycles. The van der Waals surface area contributed by atoms with E-state index < -0.39 is 0 Å². The van der Waals surface area contributed by atoms with Crippen molar-refractivity contribution in [2.75, 3.05) is 0 Å². The van der Waals surface area contributed by atoms with Crippen LogP contribution < -0.4 is 9.47 Å². The summed E-state index contributed by atoms with van der Waals surface area (Å²) in [6.07, 6.45) is 0. The zero-order chi connectivity index (χ0) is 21.6. The fourth-order valence-corrected chi connectivity index (χ4v) is 3.06. The molecule has 0 spiro atoms. The zero-order valence-corrected chi connectivity index (χ0v) is 16.9. The molecule has 32 heavy (non-hydrogen) atoms. The lowest BCUT2D eigenvalue weighted by Crippen LogP contribution is -2.07. The van der Waals surface area contributed by atoms with Crippen LogP contribution in [0.25, 0.3) is 11.4 Å². The average molecular weight is 426 g/mol. The Kier molecular flexibility index (Phi) is 5.47. The van der Waals surface area contributed by atoms with Crippen LogP contribution >= 0.6 is 0 Å². The molecule has 5 rings (SSSR count). The zero-order valence-electron chi connectivity index (χ0n) is 16.9. The van der Waals surface area contributed by atoms with Crippen molar-refractivity contribution in [2.24, 2.45) is 0 Å². The van der Waals surface area contributed by atoms with Gasteiger partial charge in [0.1, 0.15) is 24.7 Å². The number of nitrogens with zero attached hydrogens (tertiary/aromatic N) is 8. The molecule has 0 saturated carbocycles. The molecule has 0 aliphatic heterocycles. The highest BCUT2D eigenvalue weighted by atomic mass is 16.5. The summed E-state index contributed by atoms with van der Waals surface area (Å²) in [6, 6.07) is 26.6. The van der Waals surface area contributed by atoms with E-state index >= 15 is 0 Å². The molecule has 2 heterocycles. The van der Waals surface area contributed by atoms with Gasteiger partial charge >= 0.3 is 0 Å². The van der Waals surface area contributed by atoms with Crippen LogP contribution in [0.4, 0.5) is 0 Å². The largest absolute Gasteiger partial charge is 0.486 e. The van der Waals surface area contributed by atoms with Crippen molar-refractivity contribution in [2.45, 2.75) is 13.2 Å². The summed E-state index contributed by atoms with van der Waals surface area (Å²) in [5.41, 5.74) is 1.75. The van der Waals surface area contributed by atoms with Crippen LogP contribution in [-0.4, -0.2) is 40.4 Å². The van der Waals surface area contributed by atoms with E-state index in [9.17, 15) is 0 Å². The van der Waals surface area contributed by atoms with Gasteiger partial charge in [0.2, 0.25) is 0 Å². The lowest BCUT2D eigenvalue weighted by molar-refractivity contribution is 0.284. The van der Waals surface area contributed by atoms with Crippen LogP contribution in [0.1, 0.15) is 11.6 Å². The van der Waals surface area contributed by atoms with E-state index in [2.05, 4.69) is 31.1 Å². The minimum absolute atomic E-state index is 0.230. The summed E-state index contributed by atoms with van der Waals surface area (Å²) in [7, 11) is 0. The van der Waals surface area contributed by atoms with Gasteiger partial charge in [0, 0.05) is 0 Å². The lowest BCUT2D eigenvalue weighted by Gasteiger charge is -2.09. The number of tetrazole rings is 2. The summed E-state index contributed by atoms with van der Waals surface area (Å²) in [5, 5.41) is 23.6. The van der Waals surface area contributed by atoms with Crippen molar-refractivity contribution in [3.8, 4) is 22.9 Å². The van der Waals surface area contributed by atoms with Crippen LogP contribution in [-0.2, 0) is 13.2 Å². The fraction of sp³-hybridized carbons (Fsp3) is 0.0909. The number of aromatic nitrogens is 8. The van der Waals surface area contributed by atoms with Crippen molar-refractivity contribution < 1.29 is 9.47 Å². The highest BCUT2D eigenvalue weighted by Crippen LogP contribution is 2.20. The Morgan fingerprint density at radius 1 is 0.531 bits per heavy atom. The van der Waals surface area contributed by atoms with Crippen molar-refractivity contribution >= 4 is 0 Å². The molecule has 0 radical (unpaired) electrons. The maximum absolute atomic E-state index is 5.84. The molecule has 158 valence electrons. The van der Waals surface area contributed by atoms with Gasteiger partial charge in [-0.15, -0.1) is 10.2 Å². The number of rotatable bonds is 8. The standard InChI is InChI=1S/C22H18N8O2/c1-3-7-17(8-4-1)29-21(23-25-27-29)15-31-19-11-13-20(14-12-19)32-16-22-24-26-28-30(22)18-9-5-2-6-10-18/h1-14H,15-16H2. The topological polar surface area (TPSA) is 106 Å². The monoisotopic (exact) mass is 426 g/mol. The maximum Gasteiger partial charge on any atom is 0.194 e. The van der Waals surface area contributed by atoms with E-state index in [4.69, 9.17) is 9.47 Å². The van der Waals surface area contributed by atoms with Gasteiger partial charge in [-0.05, 0) is 69.4 Å². The Morgan fingerprint density at radius 3 is 1.34 bits per heavy atom. The van der Waals surface area contributed by atoms with E-state index in [1.54, 1.807) is 9.36 Å². The maximum atomic E-state index is 5.84. The molecule has 10 heteroatoms. The van der Waals surface area contributed by atoms with Gasteiger partial charge in [-0.25, -0.2) is 0 Å². The predicted octanol–water partition coefficient (Wildman–Crippen LogP) is 2.80. The van der Waals surface area contributed by atoms with Crippen LogP contribution in [0.3, 0.4) is 0 Å². The van der Waals surface area contributed by atoms with E-state index in [0.717, 1.165) is 11.4 Å². The third-order valence-electron chi connectivity index (χ3n) is 4.63. The molecule has 10 nitrogen and oxygen atoms in total. The molecule has 0 fully saturated rings. The van der Waals surface area contributed by atoms with Crippen LogP contribution in [0.2, 0.25) is 0 Å². The molecule has 5 aromatic rings. The van der Waals surface area contributed by atoms with Gasteiger partial charge in [0.25, 0.3) is 0 Å². The van der Waals surface area contributed by atoms with E-state index in [-0.39, 0.29) is 13.2 Å². The molecule has 0 aliphatic carbocycles. The smallest absolute Gasteiger partial charge is 0.194 e. The summed E-state index contributed by atoms with van der Waals surface area (Å²) in [6.45, 7) is 0.460. The summed E-state index contributed by atoms with van der Waals surface area (Å²) in [5.74, 6) is 2.55. The van der Waals surface area contributed by atoms with Crippen LogP contribution in [0.15, 0.2) is 84.9 Å². The number of benzene rings is 3. The van der Waals surface area contributed by atoms with Gasteiger partial charge in [-0.1, -0.05) is 36.4 Å². The second-order valence-corrected chi connectivity index (χ2v) is 6.73. The summed E-state index contributed by atoms with van der Waals surface area (Å²) < 4.78 is 15.0. The third kappa shape index (κ3) is 4.29. The van der Waals surface area contributed by atoms with Crippen LogP contribution in [0, 0.1) is 0 Å². The van der Waals surface area contributed by atoms with Gasteiger partial charge < -0.3 is 9.47 Å². The van der Waals surface area contributed by atoms with Crippen molar-refractivity contribution in [3.05, 3.63) is 96.6 Å². The predicted molar refractivity (Wildman–Crippen MR) is 113 cm³/mol. The molecule has 0 saturated heterocycles. The highest BCUT2D eigenvalue weighted by molar-refractivity contribution is 5.33. The molecule has 2 aromatic heterocycles. The first-order chi connectivity index (χ1) is 15.9. The Bertz CT molecular complexity index is 1170. The Labute approximate surface area is 183 Å². The Hall–Kier alpha value is -4.60. The minimum atomic E-state index is 0.230. The fourth-order valence-electron chi connectivity index (χ4n) is 3.06. The van der Waals surface area contributed by atoms with Gasteiger partial charge in [-0.3, -0.25) is 0 Å². The number of hydrogen-bond acceptors (Lipinski definition) is 8. The number of para-hydroxylation sites is 2. The number of hydrogen-bond donors (Lipinski definition) is 0. The summed E-state index contributed by atoms with van der Waals surface area (Å²) in [4.78, 5) is 0. The van der Waals surface area contributed by atoms with Crippen molar-refractivity contribution in [1.29, 1.82) is 0 Å². The SMILES string of the molecule is c1ccc(-n2nnnc2COc2ccc(OCc3nnnn3-c3ccccc3)cc2)cc1. The lowest BCUT2D eigenvalue weighted by atomic mass is 10.3. The molecule has 0 aliphatic rings. The molecule has 0 amide bonds. The Balaban J connectivity index is 1.19. The molecular weight excluding hydrogens is 408 g/mol. The molecule has 0 bridgehead atoms.